The number of hydrogen-bond donors (Lipinski definition) is 0. The van der Waals surface area contributed by atoms with E-state index in [9.17, 15) is 9.59 Å². The maximum atomic E-state index is 11.7. The first kappa shape index (κ1) is 14.2. The first-order chi connectivity index (χ1) is 9.56. The minimum absolute atomic E-state index is 0.0578. The summed E-state index contributed by atoms with van der Waals surface area (Å²) in [6.07, 6.45) is 3.96. The first-order valence-corrected chi connectivity index (χ1v) is 6.16. The highest BCUT2D eigenvalue weighted by molar-refractivity contribution is 6.28. The van der Waals surface area contributed by atoms with Crippen molar-refractivity contribution in [1.29, 1.82) is 0 Å². The summed E-state index contributed by atoms with van der Waals surface area (Å²) < 4.78 is 6.20. The molecule has 0 aliphatic carbocycles. The minimum atomic E-state index is -0.518. The quantitative estimate of drug-likeness (QED) is 0.489. The lowest BCUT2D eigenvalue weighted by molar-refractivity contribution is -0.108. The summed E-state index contributed by atoms with van der Waals surface area (Å²) in [5.74, 6) is -0.518. The molecule has 0 bridgehead atoms. The van der Waals surface area contributed by atoms with E-state index in [1.54, 1.807) is 18.5 Å². The van der Waals surface area contributed by atoms with Gasteiger partial charge >= 0.3 is 5.97 Å². The van der Waals surface area contributed by atoms with Crippen LogP contribution in [0.5, 0.6) is 0 Å². The van der Waals surface area contributed by atoms with E-state index < -0.39 is 5.97 Å². The van der Waals surface area contributed by atoms with Crippen molar-refractivity contribution in [2.75, 3.05) is 7.11 Å². The van der Waals surface area contributed by atoms with Gasteiger partial charge in [-0.2, -0.15) is 0 Å². The Bertz CT molecular complexity index is 667. The van der Waals surface area contributed by atoms with Crippen LogP contribution in [0.25, 0.3) is 11.3 Å². The van der Waals surface area contributed by atoms with Crippen molar-refractivity contribution in [3.63, 3.8) is 0 Å². The topological polar surface area (TPSA) is 74.1 Å². The molecule has 0 atom stereocenters. The average Bonchev–Trinajstić information content (AvgIpc) is 2.85. The van der Waals surface area contributed by atoms with Gasteiger partial charge in [-0.15, -0.1) is 0 Å². The van der Waals surface area contributed by atoms with Crippen molar-refractivity contribution < 1.29 is 14.3 Å². The molecule has 0 aliphatic rings. The maximum Gasteiger partial charge on any atom is 0.354 e. The van der Waals surface area contributed by atoms with Gasteiger partial charge in [0.05, 0.1) is 19.3 Å². The van der Waals surface area contributed by atoms with Gasteiger partial charge in [0.25, 0.3) is 0 Å². The van der Waals surface area contributed by atoms with Crippen molar-refractivity contribution in [3.05, 3.63) is 35.0 Å². The number of hydrogen-bond acceptors (Lipinski definition) is 5. The van der Waals surface area contributed by atoms with Crippen LogP contribution >= 0.6 is 11.6 Å². The molecule has 0 unspecified atom stereocenters. The van der Waals surface area contributed by atoms with Crippen LogP contribution < -0.4 is 0 Å². The molecule has 20 heavy (non-hydrogen) atoms. The van der Waals surface area contributed by atoms with Crippen LogP contribution in [0, 0.1) is 6.92 Å². The lowest BCUT2D eigenvalue weighted by Gasteiger charge is -2.02. The molecule has 7 heteroatoms. The molecule has 0 aromatic carbocycles. The van der Waals surface area contributed by atoms with Gasteiger partial charge in [-0.25, -0.2) is 14.8 Å². The SMILES string of the molecule is COC(=O)c1cc(-c2nc(Cl)ncc2C)cn1CC=O. The molecular formula is C13H12ClN3O3. The summed E-state index contributed by atoms with van der Waals surface area (Å²) in [5, 5.41) is 0.119. The molecule has 2 heterocycles. The molecule has 104 valence electrons. The molecular weight excluding hydrogens is 282 g/mol. The Kier molecular flexibility index (Phi) is 4.14. The lowest BCUT2D eigenvalue weighted by Crippen LogP contribution is -2.10. The minimum Gasteiger partial charge on any atom is -0.464 e. The molecule has 0 aliphatic heterocycles. The first-order valence-electron chi connectivity index (χ1n) is 5.78. The number of halogens is 1. The molecule has 0 amide bonds. The number of esters is 1. The zero-order chi connectivity index (χ0) is 14.7. The Balaban J connectivity index is 2.55. The van der Waals surface area contributed by atoms with Crippen LogP contribution in [0.1, 0.15) is 16.1 Å². The van der Waals surface area contributed by atoms with Gasteiger partial charge in [-0.05, 0) is 30.2 Å². The molecule has 0 radical (unpaired) electrons. The highest BCUT2D eigenvalue weighted by Crippen LogP contribution is 2.24. The molecule has 6 nitrogen and oxygen atoms in total. The molecule has 0 N–H and O–H groups in total. The Hall–Kier alpha value is -2.21. The van der Waals surface area contributed by atoms with Gasteiger partial charge in [0.2, 0.25) is 5.28 Å². The zero-order valence-electron chi connectivity index (χ0n) is 11.0. The molecule has 0 saturated carbocycles. The number of methoxy groups -OCH3 is 1. The lowest BCUT2D eigenvalue weighted by atomic mass is 10.1. The van der Waals surface area contributed by atoms with Crippen LogP contribution in [-0.4, -0.2) is 33.9 Å². The largest absolute Gasteiger partial charge is 0.464 e. The third kappa shape index (κ3) is 2.70. The van der Waals surface area contributed by atoms with E-state index in [0.717, 1.165) is 5.56 Å². The van der Waals surface area contributed by atoms with Crippen molar-refractivity contribution in [3.8, 4) is 11.3 Å². The van der Waals surface area contributed by atoms with Gasteiger partial charge in [-0.3, -0.25) is 0 Å². The highest BCUT2D eigenvalue weighted by Gasteiger charge is 2.16. The predicted octanol–water partition coefficient (Wildman–Crippen LogP) is 1.89. The zero-order valence-corrected chi connectivity index (χ0v) is 11.7. The fourth-order valence-electron chi connectivity index (χ4n) is 1.86. The summed E-state index contributed by atoms with van der Waals surface area (Å²) >= 11 is 5.79. The van der Waals surface area contributed by atoms with Crippen LogP contribution in [-0.2, 0) is 16.1 Å². The second-order valence-corrected chi connectivity index (χ2v) is 4.43. The fourth-order valence-corrected chi connectivity index (χ4v) is 1.99. The van der Waals surface area contributed by atoms with Crippen molar-refractivity contribution >= 4 is 23.9 Å². The fraction of sp³-hybridized carbons (Fsp3) is 0.231. The Morgan fingerprint density at radius 2 is 2.30 bits per heavy atom. The van der Waals surface area contributed by atoms with Gasteiger partial charge < -0.3 is 14.1 Å². The normalized spacial score (nSPS) is 10.3. The third-order valence-electron chi connectivity index (χ3n) is 2.78. The molecule has 0 fully saturated rings. The van der Waals surface area contributed by atoms with Crippen molar-refractivity contribution in [2.24, 2.45) is 0 Å². The van der Waals surface area contributed by atoms with Crippen molar-refractivity contribution in [1.82, 2.24) is 14.5 Å². The summed E-state index contributed by atoms with van der Waals surface area (Å²) in [6.45, 7) is 1.89. The molecule has 2 rings (SSSR count). The molecule has 2 aromatic rings. The number of aromatic nitrogens is 3. The van der Waals surface area contributed by atoms with Crippen LogP contribution in [0.2, 0.25) is 5.28 Å². The van der Waals surface area contributed by atoms with E-state index in [-0.39, 0.29) is 17.5 Å². The Labute approximate surface area is 120 Å². The number of carbonyl (C=O) groups is 2. The maximum absolute atomic E-state index is 11.7. The number of ether oxygens (including phenoxy) is 1. The molecule has 0 spiro atoms. The number of aryl methyl sites for hydroxylation is 1. The number of aldehydes is 1. The van der Waals surface area contributed by atoms with Crippen LogP contribution in [0.15, 0.2) is 18.5 Å². The summed E-state index contributed by atoms with van der Waals surface area (Å²) in [5.41, 5.74) is 2.38. The van der Waals surface area contributed by atoms with Crippen molar-refractivity contribution in [2.45, 2.75) is 13.5 Å². The number of nitrogens with zero attached hydrogens (tertiary/aromatic N) is 3. The second-order valence-electron chi connectivity index (χ2n) is 4.10. The standard InChI is InChI=1S/C13H12ClN3O3/c1-8-6-15-13(14)16-11(8)9-5-10(12(19)20-2)17(7-9)3-4-18/h4-7H,3H2,1-2H3. The monoisotopic (exact) mass is 293 g/mol. The van der Waals surface area contributed by atoms with Crippen LogP contribution in [0.3, 0.4) is 0 Å². The van der Waals surface area contributed by atoms with E-state index in [0.29, 0.717) is 17.5 Å². The van der Waals surface area contributed by atoms with E-state index in [4.69, 9.17) is 16.3 Å². The Morgan fingerprint density at radius 3 is 2.95 bits per heavy atom. The average molecular weight is 294 g/mol. The van der Waals surface area contributed by atoms with Crippen LogP contribution in [0.4, 0.5) is 0 Å². The van der Waals surface area contributed by atoms with E-state index in [1.807, 2.05) is 6.92 Å². The smallest absolute Gasteiger partial charge is 0.354 e. The van der Waals surface area contributed by atoms with Gasteiger partial charge in [-0.1, -0.05) is 0 Å². The van der Waals surface area contributed by atoms with E-state index in [2.05, 4.69) is 9.97 Å². The Morgan fingerprint density at radius 1 is 1.55 bits per heavy atom. The van der Waals surface area contributed by atoms with E-state index >= 15 is 0 Å². The summed E-state index contributed by atoms with van der Waals surface area (Å²) in [6, 6.07) is 1.61. The molecule has 0 saturated heterocycles. The summed E-state index contributed by atoms with van der Waals surface area (Å²) in [7, 11) is 1.28. The highest BCUT2D eigenvalue weighted by atomic mass is 35.5. The summed E-state index contributed by atoms with van der Waals surface area (Å²) in [4.78, 5) is 30.4. The molecule has 2 aromatic heterocycles. The number of rotatable bonds is 4. The van der Waals surface area contributed by atoms with Gasteiger partial charge in [0, 0.05) is 18.0 Å². The predicted molar refractivity (Wildman–Crippen MR) is 72.6 cm³/mol. The second kappa shape index (κ2) is 5.83. The third-order valence-corrected chi connectivity index (χ3v) is 2.96. The van der Waals surface area contributed by atoms with Gasteiger partial charge in [0.15, 0.2) is 0 Å². The van der Waals surface area contributed by atoms with E-state index in [1.165, 1.54) is 11.7 Å². The van der Waals surface area contributed by atoms with Gasteiger partial charge in [0.1, 0.15) is 12.0 Å². The number of carbonyl (C=O) groups excluding carboxylic acids is 2.